The summed E-state index contributed by atoms with van der Waals surface area (Å²) >= 11 is 0. The lowest BCUT2D eigenvalue weighted by Gasteiger charge is -2.32. The van der Waals surface area contributed by atoms with Crippen molar-refractivity contribution in [1.82, 2.24) is 15.5 Å². The minimum Gasteiger partial charge on any atom is -0.481 e. The van der Waals surface area contributed by atoms with Gasteiger partial charge in [0.1, 0.15) is 0 Å². The van der Waals surface area contributed by atoms with Crippen LogP contribution in [-0.4, -0.2) is 53.6 Å². The Morgan fingerprint density at radius 2 is 1.81 bits per heavy atom. The molecule has 7 heteroatoms. The number of nitrogens with one attached hydrogen (secondary N) is 2. The standard InChI is InChI=1S/C14H25N3O4/c1-11(17-8-3-2-4-9-17)10-15-14(21)16-12(18)6-5-7-13(19)20/h11H,2-10H2,1H3,(H,19,20)(H2,15,16,18,21). The number of likely N-dealkylation sites (tertiary alicyclic amines) is 1. The molecule has 1 fully saturated rings. The molecule has 0 radical (unpaired) electrons. The van der Waals surface area contributed by atoms with Gasteiger partial charge < -0.3 is 10.4 Å². The molecular formula is C14H25N3O4. The van der Waals surface area contributed by atoms with Crippen molar-refractivity contribution >= 4 is 17.9 Å². The monoisotopic (exact) mass is 299 g/mol. The topological polar surface area (TPSA) is 98.7 Å². The minimum absolute atomic E-state index is 0.0431. The van der Waals surface area contributed by atoms with Crippen LogP contribution in [0.5, 0.6) is 0 Å². The van der Waals surface area contributed by atoms with Crippen LogP contribution in [-0.2, 0) is 9.59 Å². The maximum Gasteiger partial charge on any atom is 0.321 e. The van der Waals surface area contributed by atoms with E-state index in [1.54, 1.807) is 0 Å². The van der Waals surface area contributed by atoms with Gasteiger partial charge in [0.2, 0.25) is 5.91 Å². The number of rotatable bonds is 7. The highest BCUT2D eigenvalue weighted by Crippen LogP contribution is 2.11. The molecule has 1 aliphatic heterocycles. The molecule has 1 unspecified atom stereocenters. The van der Waals surface area contributed by atoms with Crippen LogP contribution in [0.1, 0.15) is 45.4 Å². The summed E-state index contributed by atoms with van der Waals surface area (Å²) in [5, 5.41) is 13.4. The average molecular weight is 299 g/mol. The summed E-state index contributed by atoms with van der Waals surface area (Å²) in [6.07, 6.45) is 3.86. The van der Waals surface area contributed by atoms with Gasteiger partial charge in [0.25, 0.3) is 0 Å². The van der Waals surface area contributed by atoms with Crippen LogP contribution in [0.4, 0.5) is 4.79 Å². The minimum atomic E-state index is -0.942. The molecule has 1 atom stereocenters. The number of amides is 3. The molecule has 0 aromatic heterocycles. The Kier molecular flexibility index (Phi) is 7.74. The van der Waals surface area contributed by atoms with E-state index in [-0.39, 0.29) is 25.3 Å². The number of carboxylic acid groups (broad SMARTS) is 1. The normalized spacial score (nSPS) is 17.0. The number of imide groups is 1. The van der Waals surface area contributed by atoms with Crippen LogP contribution in [0.15, 0.2) is 0 Å². The van der Waals surface area contributed by atoms with Crippen molar-refractivity contribution in [3.8, 4) is 0 Å². The summed E-state index contributed by atoms with van der Waals surface area (Å²) in [5.41, 5.74) is 0. The number of hydrogen-bond donors (Lipinski definition) is 3. The largest absolute Gasteiger partial charge is 0.481 e. The molecule has 3 amide bonds. The molecule has 0 spiro atoms. The third kappa shape index (κ3) is 7.65. The summed E-state index contributed by atoms with van der Waals surface area (Å²) < 4.78 is 0. The zero-order valence-corrected chi connectivity index (χ0v) is 12.6. The van der Waals surface area contributed by atoms with Crippen LogP contribution < -0.4 is 10.6 Å². The van der Waals surface area contributed by atoms with Crippen LogP contribution in [0, 0.1) is 0 Å². The molecule has 0 aromatic carbocycles. The number of piperidine rings is 1. The Bertz CT molecular complexity index is 367. The molecule has 1 saturated heterocycles. The van der Waals surface area contributed by atoms with Gasteiger partial charge in [-0.15, -0.1) is 0 Å². The first-order valence-electron chi connectivity index (χ1n) is 7.52. The van der Waals surface area contributed by atoms with Crippen molar-refractivity contribution in [3.05, 3.63) is 0 Å². The molecule has 1 aliphatic rings. The van der Waals surface area contributed by atoms with Gasteiger partial charge in [-0.3, -0.25) is 19.8 Å². The molecule has 0 bridgehead atoms. The number of carbonyl (C=O) groups excluding carboxylic acids is 2. The molecule has 1 heterocycles. The van der Waals surface area contributed by atoms with E-state index in [9.17, 15) is 14.4 Å². The second-order valence-electron chi connectivity index (χ2n) is 5.45. The summed E-state index contributed by atoms with van der Waals surface area (Å²) in [6.45, 7) is 4.66. The third-order valence-electron chi connectivity index (χ3n) is 3.62. The molecule has 0 aromatic rings. The number of carboxylic acids is 1. The SMILES string of the molecule is CC(CNC(=O)NC(=O)CCCC(=O)O)N1CCCCC1. The van der Waals surface area contributed by atoms with Gasteiger partial charge in [0, 0.05) is 25.4 Å². The van der Waals surface area contributed by atoms with Crippen LogP contribution in [0.2, 0.25) is 0 Å². The highest BCUT2D eigenvalue weighted by molar-refractivity contribution is 5.94. The van der Waals surface area contributed by atoms with E-state index in [0.29, 0.717) is 6.54 Å². The third-order valence-corrected chi connectivity index (χ3v) is 3.62. The lowest BCUT2D eigenvalue weighted by Crippen LogP contribution is -2.47. The summed E-state index contributed by atoms with van der Waals surface area (Å²) in [4.78, 5) is 35.6. The number of hydrogen-bond acceptors (Lipinski definition) is 4. The van der Waals surface area contributed by atoms with E-state index in [1.807, 2.05) is 0 Å². The van der Waals surface area contributed by atoms with E-state index in [1.165, 1.54) is 19.3 Å². The van der Waals surface area contributed by atoms with E-state index >= 15 is 0 Å². The van der Waals surface area contributed by atoms with Crippen molar-refractivity contribution in [2.24, 2.45) is 0 Å². The fourth-order valence-electron chi connectivity index (χ4n) is 2.36. The van der Waals surface area contributed by atoms with Crippen molar-refractivity contribution in [3.63, 3.8) is 0 Å². The van der Waals surface area contributed by atoms with E-state index in [4.69, 9.17) is 5.11 Å². The van der Waals surface area contributed by atoms with Crippen LogP contribution >= 0.6 is 0 Å². The zero-order chi connectivity index (χ0) is 15.7. The molecular weight excluding hydrogens is 274 g/mol. The Balaban J connectivity index is 2.14. The first-order chi connectivity index (χ1) is 9.99. The second kappa shape index (κ2) is 9.33. The lowest BCUT2D eigenvalue weighted by atomic mass is 10.1. The molecule has 7 nitrogen and oxygen atoms in total. The lowest BCUT2D eigenvalue weighted by molar-refractivity contribution is -0.137. The number of urea groups is 1. The summed E-state index contributed by atoms with van der Waals surface area (Å²) in [5.74, 6) is -1.39. The van der Waals surface area contributed by atoms with Gasteiger partial charge in [-0.1, -0.05) is 6.42 Å². The fourth-order valence-corrected chi connectivity index (χ4v) is 2.36. The number of nitrogens with zero attached hydrogens (tertiary/aromatic N) is 1. The molecule has 0 aliphatic carbocycles. The van der Waals surface area contributed by atoms with Crippen LogP contribution in [0.3, 0.4) is 0 Å². The molecule has 3 N–H and O–H groups in total. The van der Waals surface area contributed by atoms with Gasteiger partial charge in [-0.05, 0) is 39.3 Å². The Morgan fingerprint density at radius 1 is 1.14 bits per heavy atom. The predicted octanol–water partition coefficient (Wildman–Crippen LogP) is 0.941. The Morgan fingerprint density at radius 3 is 2.43 bits per heavy atom. The Labute approximate surface area is 125 Å². The molecule has 120 valence electrons. The maximum atomic E-state index is 11.6. The summed E-state index contributed by atoms with van der Waals surface area (Å²) in [7, 11) is 0. The van der Waals surface area contributed by atoms with Crippen molar-refractivity contribution < 1.29 is 19.5 Å². The van der Waals surface area contributed by atoms with Gasteiger partial charge in [0.15, 0.2) is 0 Å². The number of carbonyl (C=O) groups is 3. The highest BCUT2D eigenvalue weighted by atomic mass is 16.4. The quantitative estimate of drug-likeness (QED) is 0.650. The zero-order valence-electron chi connectivity index (χ0n) is 12.6. The second-order valence-corrected chi connectivity index (χ2v) is 5.45. The maximum absolute atomic E-state index is 11.6. The smallest absolute Gasteiger partial charge is 0.321 e. The highest BCUT2D eigenvalue weighted by Gasteiger charge is 2.17. The average Bonchev–Trinajstić information content (AvgIpc) is 2.45. The van der Waals surface area contributed by atoms with Gasteiger partial charge in [0.05, 0.1) is 0 Å². The summed E-state index contributed by atoms with van der Waals surface area (Å²) in [6, 6.07) is -0.266. The first kappa shape index (κ1) is 17.4. The predicted molar refractivity (Wildman–Crippen MR) is 77.9 cm³/mol. The number of aliphatic carboxylic acids is 1. The van der Waals surface area contributed by atoms with Gasteiger partial charge >= 0.3 is 12.0 Å². The van der Waals surface area contributed by atoms with Gasteiger partial charge in [-0.2, -0.15) is 0 Å². The van der Waals surface area contributed by atoms with E-state index in [0.717, 1.165) is 13.1 Å². The molecule has 21 heavy (non-hydrogen) atoms. The van der Waals surface area contributed by atoms with E-state index < -0.39 is 17.9 Å². The first-order valence-corrected chi connectivity index (χ1v) is 7.52. The van der Waals surface area contributed by atoms with Gasteiger partial charge in [-0.25, -0.2) is 4.79 Å². The van der Waals surface area contributed by atoms with E-state index in [2.05, 4.69) is 22.5 Å². The van der Waals surface area contributed by atoms with Crippen LogP contribution in [0.25, 0.3) is 0 Å². The fraction of sp³-hybridized carbons (Fsp3) is 0.786. The van der Waals surface area contributed by atoms with Crippen molar-refractivity contribution in [2.45, 2.75) is 51.5 Å². The molecule has 1 rings (SSSR count). The van der Waals surface area contributed by atoms with Crippen molar-refractivity contribution in [2.75, 3.05) is 19.6 Å². The molecule has 0 saturated carbocycles. The van der Waals surface area contributed by atoms with Crippen molar-refractivity contribution in [1.29, 1.82) is 0 Å². The Hall–Kier alpha value is -1.63.